The molecule has 1 aromatic carbocycles. The second-order valence-corrected chi connectivity index (χ2v) is 7.21. The van der Waals surface area contributed by atoms with Gasteiger partial charge in [0.05, 0.1) is 31.8 Å². The molecule has 2 heterocycles. The van der Waals surface area contributed by atoms with Gasteiger partial charge in [0.2, 0.25) is 10.0 Å². The molecule has 0 radical (unpaired) electrons. The van der Waals surface area contributed by atoms with Crippen molar-refractivity contribution >= 4 is 15.9 Å². The molecule has 0 aliphatic carbocycles. The van der Waals surface area contributed by atoms with Crippen LogP contribution in [0.1, 0.15) is 21.6 Å². The molecular formula is C14H16N4O4S. The first-order chi connectivity index (χ1) is 10.9. The van der Waals surface area contributed by atoms with Crippen molar-refractivity contribution < 1.29 is 17.9 Å². The van der Waals surface area contributed by atoms with Gasteiger partial charge in [-0.25, -0.2) is 13.8 Å². The van der Waals surface area contributed by atoms with E-state index in [-0.39, 0.29) is 19.0 Å². The number of aromatic nitrogens is 2. The summed E-state index contributed by atoms with van der Waals surface area (Å²) in [5.41, 5.74) is 4.51. The molecule has 1 aliphatic rings. The van der Waals surface area contributed by atoms with Gasteiger partial charge in [-0.3, -0.25) is 4.79 Å². The molecule has 1 aromatic heterocycles. The Balaban J connectivity index is 1.79. The number of carbonyl (C=O) groups excluding carboxylic acids is 1. The third-order valence-corrected chi connectivity index (χ3v) is 4.83. The molecule has 0 fully saturated rings. The predicted octanol–water partition coefficient (Wildman–Crippen LogP) is 0.551. The molecule has 1 N–H and O–H groups in total. The highest BCUT2D eigenvalue weighted by atomic mass is 32.2. The lowest BCUT2D eigenvalue weighted by molar-refractivity contribution is 0.100. The summed E-state index contributed by atoms with van der Waals surface area (Å²) in [5.74, 6) is 0.221. The molecular weight excluding hydrogens is 320 g/mol. The monoisotopic (exact) mass is 336 g/mol. The van der Waals surface area contributed by atoms with Gasteiger partial charge in [0, 0.05) is 17.7 Å². The van der Waals surface area contributed by atoms with Gasteiger partial charge >= 0.3 is 0 Å². The summed E-state index contributed by atoms with van der Waals surface area (Å²) < 4.78 is 29.7. The number of sulfonamides is 1. The molecule has 8 nitrogen and oxygen atoms in total. The molecule has 9 heteroatoms. The van der Waals surface area contributed by atoms with Gasteiger partial charge < -0.3 is 4.74 Å². The first-order valence-electron chi connectivity index (χ1n) is 6.85. The second kappa shape index (κ2) is 5.67. The minimum absolute atomic E-state index is 0.187. The number of nitrogens with one attached hydrogen (secondary N) is 1. The van der Waals surface area contributed by atoms with Crippen molar-refractivity contribution in [2.75, 3.05) is 18.8 Å². The highest BCUT2D eigenvalue weighted by Gasteiger charge is 2.30. The van der Waals surface area contributed by atoms with Crippen molar-refractivity contribution in [3.05, 3.63) is 47.3 Å². The van der Waals surface area contributed by atoms with Gasteiger partial charge in [-0.1, -0.05) is 6.07 Å². The minimum Gasteiger partial charge on any atom is -0.497 e. The summed E-state index contributed by atoms with van der Waals surface area (Å²) in [6, 6.07) is 6.73. The van der Waals surface area contributed by atoms with Crippen molar-refractivity contribution in [2.45, 2.75) is 13.1 Å². The molecule has 0 unspecified atom stereocenters. The van der Waals surface area contributed by atoms with Crippen molar-refractivity contribution in [1.29, 1.82) is 0 Å². The van der Waals surface area contributed by atoms with Crippen molar-refractivity contribution in [3.8, 4) is 5.75 Å². The Morgan fingerprint density at radius 1 is 1.35 bits per heavy atom. The zero-order valence-corrected chi connectivity index (χ0v) is 13.5. The Hall–Kier alpha value is -2.39. The summed E-state index contributed by atoms with van der Waals surface area (Å²) in [4.78, 5) is 13.6. The highest BCUT2D eigenvalue weighted by Crippen LogP contribution is 2.24. The number of fused-ring (bicyclic) bond motifs is 1. The number of methoxy groups -OCH3 is 1. The molecule has 0 bridgehead atoms. The summed E-state index contributed by atoms with van der Waals surface area (Å²) in [6.07, 6.45) is 2.72. The van der Waals surface area contributed by atoms with Crippen LogP contribution in [-0.2, 0) is 23.1 Å². The largest absolute Gasteiger partial charge is 0.497 e. The third-order valence-electron chi connectivity index (χ3n) is 3.64. The summed E-state index contributed by atoms with van der Waals surface area (Å²) in [5, 5.41) is 4.09. The summed E-state index contributed by atoms with van der Waals surface area (Å²) in [7, 11) is -1.76. The number of hydrogen-bond acceptors (Lipinski definition) is 5. The Morgan fingerprint density at radius 2 is 2.13 bits per heavy atom. The van der Waals surface area contributed by atoms with Crippen LogP contribution in [0.3, 0.4) is 0 Å². The molecule has 0 saturated heterocycles. The molecule has 3 rings (SSSR count). The van der Waals surface area contributed by atoms with Gasteiger partial charge in [-0.2, -0.15) is 14.2 Å². The lowest BCUT2D eigenvalue weighted by Crippen LogP contribution is -2.28. The minimum atomic E-state index is -3.28. The Kier molecular flexibility index (Phi) is 3.82. The van der Waals surface area contributed by atoms with Crippen LogP contribution in [0.2, 0.25) is 0 Å². The first kappa shape index (κ1) is 15.5. The maximum atomic E-state index is 12.3. The van der Waals surface area contributed by atoms with Gasteiger partial charge in [0.1, 0.15) is 5.75 Å². The maximum Gasteiger partial charge on any atom is 0.271 e. The Morgan fingerprint density at radius 3 is 2.83 bits per heavy atom. The molecule has 122 valence electrons. The normalized spacial score (nSPS) is 14.5. The van der Waals surface area contributed by atoms with E-state index in [0.717, 1.165) is 11.8 Å². The lowest BCUT2D eigenvalue weighted by atomic mass is 10.2. The fourth-order valence-electron chi connectivity index (χ4n) is 2.38. The van der Waals surface area contributed by atoms with Crippen LogP contribution in [0.15, 0.2) is 30.5 Å². The standard InChI is InChI=1S/C14H16N4O4S/c1-22-12-5-3-4-10(6-12)14(19)16-18-13-9-17(23(2,20)21)8-11(13)7-15-18/h3-7H,8-9H2,1-2H3,(H,16,19). The van der Waals surface area contributed by atoms with Crippen molar-refractivity contribution in [1.82, 2.24) is 14.2 Å². The summed E-state index contributed by atoms with van der Waals surface area (Å²) >= 11 is 0. The van der Waals surface area contributed by atoms with Crippen LogP contribution in [0, 0.1) is 0 Å². The van der Waals surface area contributed by atoms with E-state index >= 15 is 0 Å². The van der Waals surface area contributed by atoms with E-state index in [1.807, 2.05) is 0 Å². The molecule has 2 aromatic rings. The molecule has 0 atom stereocenters. The zero-order valence-electron chi connectivity index (χ0n) is 12.7. The molecule has 0 saturated carbocycles. The average molecular weight is 336 g/mol. The lowest BCUT2D eigenvalue weighted by Gasteiger charge is -2.13. The number of benzene rings is 1. The van der Waals surface area contributed by atoms with E-state index in [1.165, 1.54) is 16.2 Å². The highest BCUT2D eigenvalue weighted by molar-refractivity contribution is 7.88. The first-order valence-corrected chi connectivity index (χ1v) is 8.69. The number of ether oxygens (including phenoxy) is 1. The number of rotatable bonds is 4. The van der Waals surface area contributed by atoms with Gasteiger partial charge in [-0.15, -0.1) is 0 Å². The van der Waals surface area contributed by atoms with Gasteiger partial charge in [0.25, 0.3) is 5.91 Å². The van der Waals surface area contributed by atoms with Gasteiger partial charge in [0.15, 0.2) is 0 Å². The second-order valence-electron chi connectivity index (χ2n) is 5.23. The van der Waals surface area contributed by atoms with E-state index < -0.39 is 10.0 Å². The third kappa shape index (κ3) is 3.06. The van der Waals surface area contributed by atoms with Crippen LogP contribution in [0.5, 0.6) is 5.75 Å². The summed E-state index contributed by atoms with van der Waals surface area (Å²) in [6.45, 7) is 0.454. The van der Waals surface area contributed by atoms with E-state index in [2.05, 4.69) is 10.5 Å². The van der Waals surface area contributed by atoms with Crippen LogP contribution in [0.4, 0.5) is 0 Å². The quantitative estimate of drug-likeness (QED) is 0.880. The zero-order chi connectivity index (χ0) is 16.6. The maximum absolute atomic E-state index is 12.3. The van der Waals surface area contributed by atoms with E-state index in [0.29, 0.717) is 17.0 Å². The number of amides is 1. The molecule has 23 heavy (non-hydrogen) atoms. The van der Waals surface area contributed by atoms with Crippen LogP contribution in [0.25, 0.3) is 0 Å². The molecule has 0 spiro atoms. The van der Waals surface area contributed by atoms with Crippen molar-refractivity contribution in [2.24, 2.45) is 0 Å². The number of nitrogens with zero attached hydrogens (tertiary/aromatic N) is 3. The SMILES string of the molecule is COc1cccc(C(=O)Nn2ncc3c2CN(S(C)(=O)=O)C3)c1. The fraction of sp³-hybridized carbons (Fsp3) is 0.286. The van der Waals surface area contributed by atoms with Crippen molar-refractivity contribution in [3.63, 3.8) is 0 Å². The predicted molar refractivity (Wildman–Crippen MR) is 83.0 cm³/mol. The van der Waals surface area contributed by atoms with E-state index in [1.54, 1.807) is 30.5 Å². The van der Waals surface area contributed by atoms with Crippen LogP contribution >= 0.6 is 0 Å². The Labute approximate surface area is 133 Å². The fourth-order valence-corrected chi connectivity index (χ4v) is 3.11. The topological polar surface area (TPSA) is 93.5 Å². The molecule has 1 amide bonds. The number of carbonyl (C=O) groups is 1. The average Bonchev–Trinajstić information content (AvgIpc) is 3.09. The molecule has 1 aliphatic heterocycles. The van der Waals surface area contributed by atoms with Crippen LogP contribution in [-0.4, -0.2) is 41.9 Å². The van der Waals surface area contributed by atoms with E-state index in [9.17, 15) is 13.2 Å². The van der Waals surface area contributed by atoms with Crippen LogP contribution < -0.4 is 10.2 Å². The van der Waals surface area contributed by atoms with Gasteiger partial charge in [-0.05, 0) is 18.2 Å². The number of hydrogen-bond donors (Lipinski definition) is 1. The van der Waals surface area contributed by atoms with E-state index in [4.69, 9.17) is 4.74 Å². The smallest absolute Gasteiger partial charge is 0.271 e. The Bertz CT molecular complexity index is 859.